The van der Waals surface area contributed by atoms with Gasteiger partial charge in [-0.2, -0.15) is 5.26 Å². The summed E-state index contributed by atoms with van der Waals surface area (Å²) in [5.41, 5.74) is 2.14. The summed E-state index contributed by atoms with van der Waals surface area (Å²) in [6.07, 6.45) is 0. The third kappa shape index (κ3) is 3.33. The van der Waals surface area contributed by atoms with Gasteiger partial charge in [-0.15, -0.1) is 0 Å². The second kappa shape index (κ2) is 6.57. The van der Waals surface area contributed by atoms with E-state index in [0.29, 0.717) is 17.1 Å². The Labute approximate surface area is 128 Å². The molecule has 5 heteroatoms. The fourth-order valence-corrected chi connectivity index (χ4v) is 2.45. The minimum Gasteiger partial charge on any atom is -0.380 e. The van der Waals surface area contributed by atoms with E-state index in [-0.39, 0.29) is 17.7 Å². The highest BCUT2D eigenvalue weighted by atomic mass is 35.5. The van der Waals surface area contributed by atoms with E-state index in [2.05, 4.69) is 0 Å². The lowest BCUT2D eigenvalue weighted by Gasteiger charge is -2.13. The van der Waals surface area contributed by atoms with Gasteiger partial charge in [0, 0.05) is 23.4 Å². The van der Waals surface area contributed by atoms with Crippen molar-refractivity contribution in [1.82, 2.24) is 4.57 Å². The summed E-state index contributed by atoms with van der Waals surface area (Å²) in [6, 6.07) is 11.1. The first-order valence-electron chi connectivity index (χ1n) is 6.43. The van der Waals surface area contributed by atoms with Gasteiger partial charge in [0.2, 0.25) is 0 Å². The van der Waals surface area contributed by atoms with Crippen molar-refractivity contribution >= 4 is 11.6 Å². The number of halogens is 1. The molecule has 4 nitrogen and oxygen atoms in total. The molecule has 0 radical (unpaired) electrons. The van der Waals surface area contributed by atoms with Crippen molar-refractivity contribution < 1.29 is 4.74 Å². The number of nitrogens with zero attached hydrogens (tertiary/aromatic N) is 2. The molecule has 21 heavy (non-hydrogen) atoms. The van der Waals surface area contributed by atoms with Crippen LogP contribution in [-0.2, 0) is 17.9 Å². The zero-order chi connectivity index (χ0) is 15.4. The summed E-state index contributed by atoms with van der Waals surface area (Å²) in [5.74, 6) is 0. The highest BCUT2D eigenvalue weighted by molar-refractivity contribution is 6.30. The molecule has 0 saturated carbocycles. The van der Waals surface area contributed by atoms with Crippen LogP contribution < -0.4 is 5.56 Å². The molecule has 108 valence electrons. The fourth-order valence-electron chi connectivity index (χ4n) is 2.24. The van der Waals surface area contributed by atoms with Gasteiger partial charge in [-0.1, -0.05) is 23.7 Å². The van der Waals surface area contributed by atoms with Crippen molar-refractivity contribution in [2.75, 3.05) is 7.11 Å². The van der Waals surface area contributed by atoms with E-state index in [0.717, 1.165) is 11.3 Å². The van der Waals surface area contributed by atoms with Crippen LogP contribution in [0.1, 0.15) is 22.4 Å². The first kappa shape index (κ1) is 15.3. The number of nitriles is 1. The zero-order valence-corrected chi connectivity index (χ0v) is 12.6. The maximum atomic E-state index is 12.5. The van der Waals surface area contributed by atoms with Gasteiger partial charge in [-0.05, 0) is 30.7 Å². The molecular weight excluding hydrogens is 288 g/mol. The molecule has 0 fully saturated rings. The maximum Gasteiger partial charge on any atom is 0.269 e. The smallest absolute Gasteiger partial charge is 0.269 e. The average Bonchev–Trinajstić information content (AvgIpc) is 2.44. The summed E-state index contributed by atoms with van der Waals surface area (Å²) < 4.78 is 6.61. The van der Waals surface area contributed by atoms with Crippen molar-refractivity contribution in [3.63, 3.8) is 0 Å². The Morgan fingerprint density at radius 1 is 1.38 bits per heavy atom. The zero-order valence-electron chi connectivity index (χ0n) is 11.9. The first-order chi connectivity index (χ1) is 10.1. The van der Waals surface area contributed by atoms with Crippen LogP contribution in [0.5, 0.6) is 0 Å². The molecule has 1 aromatic heterocycles. The molecule has 0 aliphatic carbocycles. The molecule has 2 rings (SSSR count). The van der Waals surface area contributed by atoms with Crippen LogP contribution in [-0.4, -0.2) is 11.7 Å². The summed E-state index contributed by atoms with van der Waals surface area (Å²) >= 11 is 5.96. The number of ether oxygens (including phenoxy) is 1. The number of hydrogen-bond acceptors (Lipinski definition) is 3. The lowest BCUT2D eigenvalue weighted by molar-refractivity contribution is 0.184. The van der Waals surface area contributed by atoms with Crippen LogP contribution in [0.15, 0.2) is 35.1 Å². The van der Waals surface area contributed by atoms with Gasteiger partial charge in [0.15, 0.2) is 0 Å². The molecule has 1 aromatic carbocycles. The molecule has 0 unspecified atom stereocenters. The molecule has 0 saturated heterocycles. The summed E-state index contributed by atoms with van der Waals surface area (Å²) in [6.45, 7) is 2.47. The van der Waals surface area contributed by atoms with Crippen LogP contribution in [0.2, 0.25) is 5.02 Å². The normalized spacial score (nSPS) is 10.4. The van der Waals surface area contributed by atoms with Crippen molar-refractivity contribution in [2.45, 2.75) is 20.1 Å². The van der Waals surface area contributed by atoms with E-state index < -0.39 is 0 Å². The molecule has 1 heterocycles. The van der Waals surface area contributed by atoms with Crippen LogP contribution in [0, 0.1) is 18.3 Å². The number of methoxy groups -OCH3 is 1. The molecule has 0 N–H and O–H groups in total. The molecule has 2 aromatic rings. The van der Waals surface area contributed by atoms with Crippen LogP contribution >= 0.6 is 11.6 Å². The molecule has 0 spiro atoms. The van der Waals surface area contributed by atoms with E-state index >= 15 is 0 Å². The standard InChI is InChI=1S/C16H15ClN2O2/c1-11-6-13(10-21-2)15(8-18)16(20)19(11)9-12-4-3-5-14(17)7-12/h3-7H,9-10H2,1-2H3. The monoisotopic (exact) mass is 302 g/mol. The van der Waals surface area contributed by atoms with Crippen molar-refractivity contribution in [1.29, 1.82) is 5.26 Å². The van der Waals surface area contributed by atoms with Gasteiger partial charge < -0.3 is 9.30 Å². The van der Waals surface area contributed by atoms with Gasteiger partial charge >= 0.3 is 0 Å². The quantitative estimate of drug-likeness (QED) is 0.872. The number of aryl methyl sites for hydroxylation is 1. The Kier molecular flexibility index (Phi) is 4.79. The van der Waals surface area contributed by atoms with Gasteiger partial charge in [-0.3, -0.25) is 4.79 Å². The average molecular weight is 303 g/mol. The van der Waals surface area contributed by atoms with Gasteiger partial charge in [0.1, 0.15) is 11.6 Å². The highest BCUT2D eigenvalue weighted by Crippen LogP contribution is 2.14. The number of aromatic nitrogens is 1. The first-order valence-corrected chi connectivity index (χ1v) is 6.81. The van der Waals surface area contributed by atoms with E-state index in [1.807, 2.05) is 37.3 Å². The highest BCUT2D eigenvalue weighted by Gasteiger charge is 2.13. The van der Waals surface area contributed by atoms with Gasteiger partial charge in [0.25, 0.3) is 5.56 Å². The molecule has 0 aliphatic rings. The topological polar surface area (TPSA) is 55.0 Å². The minimum absolute atomic E-state index is 0.129. The number of pyridine rings is 1. The lowest BCUT2D eigenvalue weighted by atomic mass is 10.1. The number of rotatable bonds is 4. The van der Waals surface area contributed by atoms with Gasteiger partial charge in [-0.25, -0.2) is 0 Å². The SMILES string of the molecule is COCc1cc(C)n(Cc2cccc(Cl)c2)c(=O)c1C#N. The van der Waals surface area contributed by atoms with Crippen molar-refractivity contribution in [3.05, 3.63) is 68.1 Å². The largest absolute Gasteiger partial charge is 0.380 e. The third-order valence-electron chi connectivity index (χ3n) is 3.23. The van der Waals surface area contributed by atoms with Crippen LogP contribution in [0.3, 0.4) is 0 Å². The second-order valence-electron chi connectivity index (χ2n) is 4.75. The summed E-state index contributed by atoms with van der Waals surface area (Å²) in [4.78, 5) is 12.5. The molecular formula is C16H15ClN2O2. The van der Waals surface area contributed by atoms with Crippen LogP contribution in [0.4, 0.5) is 0 Å². The molecule has 0 amide bonds. The molecule has 0 aliphatic heterocycles. The predicted octanol–water partition coefficient (Wildman–Crippen LogP) is 2.88. The van der Waals surface area contributed by atoms with Crippen LogP contribution in [0.25, 0.3) is 0 Å². The van der Waals surface area contributed by atoms with Crippen molar-refractivity contribution in [2.24, 2.45) is 0 Å². The maximum absolute atomic E-state index is 12.5. The van der Waals surface area contributed by atoms with Gasteiger partial charge in [0.05, 0.1) is 13.2 Å². The summed E-state index contributed by atoms with van der Waals surface area (Å²) in [5, 5.41) is 9.83. The second-order valence-corrected chi connectivity index (χ2v) is 5.19. The fraction of sp³-hybridized carbons (Fsp3) is 0.250. The Morgan fingerprint density at radius 2 is 2.14 bits per heavy atom. The predicted molar refractivity (Wildman–Crippen MR) is 81.4 cm³/mol. The van der Waals surface area contributed by atoms with Crippen molar-refractivity contribution in [3.8, 4) is 6.07 Å². The molecule has 0 atom stereocenters. The Balaban J connectivity index is 2.50. The number of benzene rings is 1. The summed E-state index contributed by atoms with van der Waals surface area (Å²) in [7, 11) is 1.54. The van der Waals surface area contributed by atoms with E-state index in [1.165, 1.54) is 7.11 Å². The Bertz CT molecular complexity index is 760. The minimum atomic E-state index is -0.301. The van der Waals surface area contributed by atoms with E-state index in [4.69, 9.17) is 16.3 Å². The van der Waals surface area contributed by atoms with E-state index in [1.54, 1.807) is 10.6 Å². The Morgan fingerprint density at radius 3 is 2.76 bits per heavy atom. The lowest BCUT2D eigenvalue weighted by Crippen LogP contribution is -2.27. The Hall–Kier alpha value is -2.09. The van der Waals surface area contributed by atoms with E-state index in [9.17, 15) is 10.1 Å². The third-order valence-corrected chi connectivity index (χ3v) is 3.47. The molecule has 0 bridgehead atoms. The number of hydrogen-bond donors (Lipinski definition) is 0.